The zero-order valence-corrected chi connectivity index (χ0v) is 11.0. The Hall–Kier alpha value is -0.780. The monoisotopic (exact) mass is 260 g/mol. The van der Waals surface area contributed by atoms with Crippen LogP contribution in [0.3, 0.4) is 0 Å². The van der Waals surface area contributed by atoms with Gasteiger partial charge in [-0.25, -0.2) is 13.2 Å². The van der Waals surface area contributed by atoms with Crippen LogP contribution in [-0.2, 0) is 9.84 Å². The van der Waals surface area contributed by atoms with Gasteiger partial charge in [-0.1, -0.05) is 0 Å². The smallest absolute Gasteiger partial charge is 0.317 e. The van der Waals surface area contributed by atoms with E-state index in [1.807, 2.05) is 0 Å². The Kier molecular flexibility index (Phi) is 3.61. The first-order valence-electron chi connectivity index (χ1n) is 6.17. The maximum Gasteiger partial charge on any atom is 0.317 e. The largest absolute Gasteiger partial charge is 0.335 e. The summed E-state index contributed by atoms with van der Waals surface area (Å²) >= 11 is 0. The fourth-order valence-corrected chi connectivity index (χ4v) is 3.44. The first-order valence-corrected chi connectivity index (χ1v) is 8.23. The van der Waals surface area contributed by atoms with Crippen molar-refractivity contribution >= 4 is 15.9 Å². The lowest BCUT2D eigenvalue weighted by atomic mass is 10.0. The first kappa shape index (κ1) is 12.7. The number of nitrogens with one attached hydrogen (secondary N) is 1. The molecule has 1 saturated heterocycles. The van der Waals surface area contributed by atoms with Gasteiger partial charge in [0.2, 0.25) is 0 Å². The maximum atomic E-state index is 11.8. The lowest BCUT2D eigenvalue weighted by molar-refractivity contribution is 0.170. The molecule has 0 radical (unpaired) electrons. The molecule has 2 rings (SSSR count). The zero-order chi connectivity index (χ0) is 12.5. The maximum absolute atomic E-state index is 11.8. The van der Waals surface area contributed by atoms with Gasteiger partial charge < -0.3 is 10.2 Å². The van der Waals surface area contributed by atoms with Crippen LogP contribution in [0.4, 0.5) is 4.79 Å². The summed E-state index contributed by atoms with van der Waals surface area (Å²) in [5, 5.41) is 2.94. The highest BCUT2D eigenvalue weighted by molar-refractivity contribution is 7.90. The van der Waals surface area contributed by atoms with Crippen molar-refractivity contribution in [3.63, 3.8) is 0 Å². The van der Waals surface area contributed by atoms with Crippen LogP contribution in [0.25, 0.3) is 0 Å². The van der Waals surface area contributed by atoms with E-state index in [1.54, 1.807) is 4.90 Å². The summed E-state index contributed by atoms with van der Waals surface area (Å²) in [4.78, 5) is 13.6. The van der Waals surface area contributed by atoms with Gasteiger partial charge in [-0.3, -0.25) is 0 Å². The summed E-state index contributed by atoms with van der Waals surface area (Å²) in [6, 6.07) is 0.337. The van der Waals surface area contributed by atoms with Crippen LogP contribution in [-0.4, -0.2) is 50.5 Å². The molecule has 1 heterocycles. The number of hydrogen-bond acceptors (Lipinski definition) is 3. The predicted molar refractivity (Wildman–Crippen MR) is 65.6 cm³/mol. The van der Waals surface area contributed by atoms with Gasteiger partial charge in [0.25, 0.3) is 0 Å². The van der Waals surface area contributed by atoms with Crippen molar-refractivity contribution in [3.8, 4) is 0 Å². The third-order valence-electron chi connectivity index (χ3n) is 3.25. The highest BCUT2D eigenvalue weighted by Crippen LogP contribution is 2.21. The molecule has 1 aliphatic carbocycles. The molecule has 2 aliphatic rings. The minimum Gasteiger partial charge on any atom is -0.335 e. The van der Waals surface area contributed by atoms with E-state index < -0.39 is 9.84 Å². The molecule has 0 spiro atoms. The van der Waals surface area contributed by atoms with Crippen molar-refractivity contribution in [2.75, 3.05) is 25.1 Å². The number of urea groups is 1. The molecule has 17 heavy (non-hydrogen) atoms. The normalized spacial score (nSPS) is 25.7. The Labute approximate surface area is 102 Å². The van der Waals surface area contributed by atoms with E-state index in [0.717, 1.165) is 32.2 Å². The molecule has 0 aromatic rings. The highest BCUT2D eigenvalue weighted by atomic mass is 32.2. The van der Waals surface area contributed by atoms with Gasteiger partial charge in [0.05, 0.1) is 5.75 Å². The molecule has 2 fully saturated rings. The number of nitrogens with zero attached hydrogens (tertiary/aromatic N) is 1. The van der Waals surface area contributed by atoms with Gasteiger partial charge in [-0.2, -0.15) is 0 Å². The van der Waals surface area contributed by atoms with Crippen molar-refractivity contribution in [1.82, 2.24) is 10.2 Å². The van der Waals surface area contributed by atoms with Gasteiger partial charge in [0.15, 0.2) is 0 Å². The molecule has 1 N–H and O–H groups in total. The van der Waals surface area contributed by atoms with Gasteiger partial charge in [0.1, 0.15) is 9.84 Å². The number of piperidine rings is 1. The quantitative estimate of drug-likeness (QED) is 0.808. The van der Waals surface area contributed by atoms with Crippen LogP contribution in [0.5, 0.6) is 0 Å². The highest BCUT2D eigenvalue weighted by Gasteiger charge is 2.29. The zero-order valence-electron chi connectivity index (χ0n) is 10.2. The summed E-state index contributed by atoms with van der Waals surface area (Å²) in [5.74, 6) is 0.295. The van der Waals surface area contributed by atoms with Crippen LogP contribution < -0.4 is 5.32 Å². The number of hydrogen-bond donors (Lipinski definition) is 1. The third kappa shape index (κ3) is 4.18. The van der Waals surface area contributed by atoms with E-state index in [1.165, 1.54) is 6.26 Å². The van der Waals surface area contributed by atoms with Crippen molar-refractivity contribution in [3.05, 3.63) is 0 Å². The molecule has 1 saturated carbocycles. The molecule has 5 nitrogen and oxygen atoms in total. The van der Waals surface area contributed by atoms with Gasteiger partial charge in [-0.15, -0.1) is 0 Å². The molecular weight excluding hydrogens is 240 g/mol. The Balaban J connectivity index is 1.85. The Bertz CT molecular complexity index is 390. The summed E-state index contributed by atoms with van der Waals surface area (Å²) in [6.07, 6.45) is 5.22. The number of sulfone groups is 1. The fourth-order valence-electron chi connectivity index (χ4n) is 2.31. The van der Waals surface area contributed by atoms with Crippen molar-refractivity contribution in [1.29, 1.82) is 0 Å². The Morgan fingerprint density at radius 1 is 1.35 bits per heavy atom. The first-order chi connectivity index (χ1) is 7.94. The molecule has 1 aliphatic heterocycles. The lowest BCUT2D eigenvalue weighted by Gasteiger charge is -2.32. The Morgan fingerprint density at radius 3 is 2.65 bits per heavy atom. The van der Waals surface area contributed by atoms with Crippen LogP contribution in [0.15, 0.2) is 0 Å². The van der Waals surface area contributed by atoms with E-state index in [9.17, 15) is 13.2 Å². The summed E-state index contributed by atoms with van der Waals surface area (Å²) in [7, 11) is -2.94. The number of carbonyl (C=O) groups is 1. The molecule has 1 atom stereocenters. The van der Waals surface area contributed by atoms with Gasteiger partial charge in [-0.05, 0) is 31.6 Å². The molecule has 0 aromatic carbocycles. The van der Waals surface area contributed by atoms with Crippen molar-refractivity contribution in [2.24, 2.45) is 5.92 Å². The minimum absolute atomic E-state index is 0.0225. The SMILES string of the molecule is CS(=O)(=O)CC1CCCN(C(=O)NC2CC2)C1. The Morgan fingerprint density at radius 2 is 2.06 bits per heavy atom. The van der Waals surface area contributed by atoms with Crippen LogP contribution in [0.1, 0.15) is 25.7 Å². The number of amides is 2. The summed E-state index contributed by atoms with van der Waals surface area (Å²) in [6.45, 7) is 1.32. The molecule has 1 unspecified atom stereocenters. The topological polar surface area (TPSA) is 66.5 Å². The van der Waals surface area contributed by atoms with Crippen molar-refractivity contribution < 1.29 is 13.2 Å². The molecule has 6 heteroatoms. The fraction of sp³-hybridized carbons (Fsp3) is 0.909. The average molecular weight is 260 g/mol. The second-order valence-electron chi connectivity index (χ2n) is 5.27. The molecular formula is C11H20N2O3S. The second kappa shape index (κ2) is 4.84. The lowest BCUT2D eigenvalue weighted by Crippen LogP contribution is -2.47. The molecule has 0 aromatic heterocycles. The van der Waals surface area contributed by atoms with E-state index in [2.05, 4.69) is 5.32 Å². The summed E-state index contributed by atoms with van der Waals surface area (Å²) < 4.78 is 22.5. The van der Waals surface area contributed by atoms with Gasteiger partial charge in [0, 0.05) is 25.4 Å². The predicted octanol–water partition coefficient (Wildman–Crippen LogP) is 0.615. The van der Waals surface area contributed by atoms with E-state index in [0.29, 0.717) is 12.6 Å². The second-order valence-corrected chi connectivity index (χ2v) is 7.46. The van der Waals surface area contributed by atoms with E-state index in [4.69, 9.17) is 0 Å². The van der Waals surface area contributed by atoms with Crippen molar-refractivity contribution in [2.45, 2.75) is 31.7 Å². The summed E-state index contributed by atoms with van der Waals surface area (Å²) in [5.41, 5.74) is 0. The van der Waals surface area contributed by atoms with E-state index in [-0.39, 0.29) is 17.7 Å². The average Bonchev–Trinajstić information content (AvgIpc) is 2.99. The number of carbonyl (C=O) groups excluding carboxylic acids is 1. The number of rotatable bonds is 3. The standard InChI is InChI=1S/C11H20N2O3S/c1-17(15,16)8-9-3-2-6-13(7-9)11(14)12-10-4-5-10/h9-10H,2-8H2,1H3,(H,12,14). The minimum atomic E-state index is -2.94. The third-order valence-corrected chi connectivity index (χ3v) is 4.33. The van der Waals surface area contributed by atoms with Crippen LogP contribution >= 0.6 is 0 Å². The molecule has 98 valence electrons. The van der Waals surface area contributed by atoms with Crippen LogP contribution in [0.2, 0.25) is 0 Å². The molecule has 0 bridgehead atoms. The number of likely N-dealkylation sites (tertiary alicyclic amines) is 1. The van der Waals surface area contributed by atoms with Gasteiger partial charge >= 0.3 is 6.03 Å². The molecule has 2 amide bonds. The van der Waals surface area contributed by atoms with E-state index >= 15 is 0 Å². The van der Waals surface area contributed by atoms with Crippen LogP contribution in [0, 0.1) is 5.92 Å².